The van der Waals surface area contributed by atoms with E-state index in [2.05, 4.69) is 16.2 Å². The van der Waals surface area contributed by atoms with Crippen molar-refractivity contribution in [2.45, 2.75) is 77.5 Å². The van der Waals surface area contributed by atoms with Gasteiger partial charge in [-0.3, -0.25) is 19.8 Å². The topological polar surface area (TPSA) is 126 Å². The van der Waals surface area contributed by atoms with Crippen molar-refractivity contribution in [1.82, 2.24) is 21.2 Å². The number of amides is 5. The number of benzene rings is 1. The first-order valence-electron chi connectivity index (χ1n) is 13.8. The molecule has 5 amide bonds. The molecule has 2 aliphatic rings. The van der Waals surface area contributed by atoms with Crippen molar-refractivity contribution in [2.75, 3.05) is 18.6 Å². The molecule has 2 heterocycles. The normalized spacial score (nSPS) is 21.0. The first-order chi connectivity index (χ1) is 18.8. The highest BCUT2D eigenvalue weighted by Gasteiger charge is 2.42. The molecule has 4 atom stereocenters. The lowest BCUT2D eigenvalue weighted by molar-refractivity contribution is -0.203. The van der Waals surface area contributed by atoms with Gasteiger partial charge in [0.25, 0.3) is 5.91 Å². The summed E-state index contributed by atoms with van der Waals surface area (Å²) < 4.78 is 5.56. The van der Waals surface area contributed by atoms with Crippen LogP contribution in [0.15, 0.2) is 30.3 Å². The standard InChI is InChI=1S/C28H42N4O6S/c1-19(2)18-22(25(33)30-32-27(35)23(15-17-39-3)29-28(32)36)21(13-9-12-20-10-5-4-6-11-20)26(34)31-38-24-14-7-8-16-37-24/h4-6,10-11,19,21-24H,7-9,12-18H2,1-3H3,(H,29,36)(H,30,33)(H,31,34)/t21-,22+,23-,24?/m0/s1. The van der Waals surface area contributed by atoms with E-state index in [1.807, 2.05) is 50.4 Å². The van der Waals surface area contributed by atoms with Crippen LogP contribution in [-0.2, 0) is 30.4 Å². The maximum Gasteiger partial charge on any atom is 0.344 e. The van der Waals surface area contributed by atoms with Crippen molar-refractivity contribution in [1.29, 1.82) is 0 Å². The Morgan fingerprint density at radius 2 is 1.92 bits per heavy atom. The van der Waals surface area contributed by atoms with Crippen LogP contribution in [-0.4, -0.2) is 59.7 Å². The molecule has 0 aromatic heterocycles. The molecule has 0 radical (unpaired) electrons. The minimum Gasteiger partial charge on any atom is -0.350 e. The molecule has 0 saturated carbocycles. The largest absolute Gasteiger partial charge is 0.350 e. The lowest BCUT2D eigenvalue weighted by Gasteiger charge is -2.29. The molecule has 0 spiro atoms. The number of aryl methyl sites for hydroxylation is 1. The SMILES string of the molecule is CSCC[C@@H]1NC(=O)N(NC(=O)[C@H](CC(C)C)[C@H](CCCc2ccccc2)C(=O)NOC2CCCCO2)C1=O. The van der Waals surface area contributed by atoms with Crippen LogP contribution in [0.4, 0.5) is 4.79 Å². The summed E-state index contributed by atoms with van der Waals surface area (Å²) in [6.07, 6.45) is 6.69. The van der Waals surface area contributed by atoms with Gasteiger partial charge in [-0.15, -0.1) is 0 Å². The lowest BCUT2D eigenvalue weighted by Crippen LogP contribution is -2.52. The van der Waals surface area contributed by atoms with Gasteiger partial charge in [-0.1, -0.05) is 44.2 Å². The Labute approximate surface area is 235 Å². The van der Waals surface area contributed by atoms with E-state index in [9.17, 15) is 19.2 Å². The van der Waals surface area contributed by atoms with Gasteiger partial charge in [-0.2, -0.15) is 16.8 Å². The average molecular weight is 563 g/mol. The highest BCUT2D eigenvalue weighted by atomic mass is 32.2. The first kappa shape index (κ1) is 30.9. The molecular weight excluding hydrogens is 520 g/mol. The third kappa shape index (κ3) is 9.51. The zero-order valence-electron chi connectivity index (χ0n) is 23.1. The number of imide groups is 1. The van der Waals surface area contributed by atoms with Crippen molar-refractivity contribution in [3.8, 4) is 0 Å². The predicted molar refractivity (Wildman–Crippen MR) is 149 cm³/mol. The zero-order valence-corrected chi connectivity index (χ0v) is 24.0. The number of carbonyl (C=O) groups is 4. The molecule has 1 unspecified atom stereocenters. The van der Waals surface area contributed by atoms with Crippen molar-refractivity contribution in [3.63, 3.8) is 0 Å². The fourth-order valence-corrected chi connectivity index (χ4v) is 5.38. The van der Waals surface area contributed by atoms with Crippen molar-refractivity contribution < 1.29 is 28.8 Å². The third-order valence-electron chi connectivity index (χ3n) is 6.99. The smallest absolute Gasteiger partial charge is 0.344 e. The van der Waals surface area contributed by atoms with Crippen LogP contribution in [0.1, 0.15) is 64.4 Å². The van der Waals surface area contributed by atoms with Crippen molar-refractivity contribution in [2.24, 2.45) is 17.8 Å². The first-order valence-corrected chi connectivity index (χ1v) is 15.2. The molecule has 2 saturated heterocycles. The number of thioether (sulfide) groups is 1. The molecule has 2 aliphatic heterocycles. The molecule has 0 bridgehead atoms. The number of hydrazine groups is 1. The Morgan fingerprint density at radius 1 is 1.15 bits per heavy atom. The van der Waals surface area contributed by atoms with Crippen molar-refractivity contribution in [3.05, 3.63) is 35.9 Å². The molecule has 1 aromatic carbocycles. The summed E-state index contributed by atoms with van der Waals surface area (Å²) in [6.45, 7) is 4.51. The van der Waals surface area contributed by atoms with E-state index in [0.717, 1.165) is 29.8 Å². The fraction of sp³-hybridized carbons (Fsp3) is 0.643. The van der Waals surface area contributed by atoms with Gasteiger partial charge >= 0.3 is 6.03 Å². The van der Waals surface area contributed by atoms with E-state index >= 15 is 0 Å². The van der Waals surface area contributed by atoms with Gasteiger partial charge in [0, 0.05) is 13.0 Å². The van der Waals surface area contributed by atoms with Gasteiger partial charge in [-0.05, 0) is 68.4 Å². The van der Waals surface area contributed by atoms with E-state index in [1.165, 1.54) is 0 Å². The highest BCUT2D eigenvalue weighted by molar-refractivity contribution is 7.98. The highest BCUT2D eigenvalue weighted by Crippen LogP contribution is 2.27. The molecular formula is C28H42N4O6S. The Hall–Kier alpha value is -2.63. The molecule has 3 rings (SSSR count). The fourth-order valence-electron chi connectivity index (χ4n) is 4.91. The third-order valence-corrected chi connectivity index (χ3v) is 7.63. The maximum absolute atomic E-state index is 13.6. The molecule has 10 nitrogen and oxygen atoms in total. The number of nitrogens with one attached hydrogen (secondary N) is 3. The van der Waals surface area contributed by atoms with Crippen LogP contribution in [0.25, 0.3) is 0 Å². The van der Waals surface area contributed by atoms with Gasteiger partial charge in [0.2, 0.25) is 11.8 Å². The molecule has 3 N–H and O–H groups in total. The van der Waals surface area contributed by atoms with Crippen LogP contribution in [0.2, 0.25) is 0 Å². The molecule has 2 fully saturated rings. The van der Waals surface area contributed by atoms with E-state index in [-0.39, 0.29) is 5.92 Å². The van der Waals surface area contributed by atoms with E-state index < -0.39 is 47.9 Å². The van der Waals surface area contributed by atoms with Crippen LogP contribution in [0.5, 0.6) is 0 Å². The number of urea groups is 1. The summed E-state index contributed by atoms with van der Waals surface area (Å²) >= 11 is 1.57. The van der Waals surface area contributed by atoms with Gasteiger partial charge in [0.1, 0.15) is 6.04 Å². The number of ether oxygens (including phenoxy) is 1. The maximum atomic E-state index is 13.6. The molecule has 216 valence electrons. The number of carbonyl (C=O) groups excluding carboxylic acids is 4. The molecule has 1 aromatic rings. The molecule has 0 aliphatic carbocycles. The second kappa shape index (κ2) is 15.8. The summed E-state index contributed by atoms with van der Waals surface area (Å²) in [4.78, 5) is 57.9. The van der Waals surface area contributed by atoms with Gasteiger partial charge in [0.15, 0.2) is 6.29 Å². The summed E-state index contributed by atoms with van der Waals surface area (Å²) in [5, 5.41) is 3.39. The second-order valence-electron chi connectivity index (χ2n) is 10.5. The Kier molecular flexibility index (Phi) is 12.5. The minimum atomic E-state index is -0.775. The van der Waals surface area contributed by atoms with Crippen molar-refractivity contribution >= 4 is 35.5 Å². The van der Waals surface area contributed by atoms with E-state index in [1.54, 1.807) is 11.8 Å². The number of hydrogen-bond acceptors (Lipinski definition) is 7. The number of hydroxylamine groups is 1. The summed E-state index contributed by atoms with van der Waals surface area (Å²) in [6, 6.07) is 8.61. The van der Waals surface area contributed by atoms with E-state index in [4.69, 9.17) is 9.57 Å². The Bertz CT molecular complexity index is 957. The average Bonchev–Trinajstić information content (AvgIpc) is 3.20. The Morgan fingerprint density at radius 3 is 2.59 bits per heavy atom. The number of nitrogens with zero attached hydrogens (tertiary/aromatic N) is 1. The molecule has 11 heteroatoms. The van der Waals surface area contributed by atoms with Gasteiger partial charge in [0.05, 0.1) is 11.8 Å². The number of hydrogen-bond donors (Lipinski definition) is 3. The predicted octanol–water partition coefficient (Wildman–Crippen LogP) is 3.57. The minimum absolute atomic E-state index is 0.0882. The van der Waals surface area contributed by atoms with Crippen LogP contribution < -0.4 is 16.2 Å². The second-order valence-corrected chi connectivity index (χ2v) is 11.5. The Balaban J connectivity index is 1.73. The summed E-state index contributed by atoms with van der Waals surface area (Å²) in [5.74, 6) is -2.16. The van der Waals surface area contributed by atoms with Crippen LogP contribution in [0, 0.1) is 17.8 Å². The lowest BCUT2D eigenvalue weighted by atomic mass is 9.81. The zero-order chi connectivity index (χ0) is 28.2. The monoisotopic (exact) mass is 562 g/mol. The quantitative estimate of drug-likeness (QED) is 0.220. The van der Waals surface area contributed by atoms with Gasteiger partial charge in [-0.25, -0.2) is 15.1 Å². The molecule has 39 heavy (non-hydrogen) atoms. The summed E-state index contributed by atoms with van der Waals surface area (Å²) in [7, 11) is 0. The van der Waals surface area contributed by atoms with Gasteiger partial charge < -0.3 is 10.1 Å². The van der Waals surface area contributed by atoms with Crippen LogP contribution >= 0.6 is 11.8 Å². The summed E-state index contributed by atoms with van der Waals surface area (Å²) in [5.41, 5.74) is 6.21. The van der Waals surface area contributed by atoms with E-state index in [0.29, 0.717) is 44.5 Å². The van der Waals surface area contributed by atoms with Crippen LogP contribution in [0.3, 0.4) is 0 Å². The number of rotatable bonds is 15.